The fourth-order valence-electron chi connectivity index (χ4n) is 1.77. The van der Waals surface area contributed by atoms with Crippen molar-refractivity contribution >= 4 is 11.8 Å². The molecular weight excluding hydrogens is 194 g/mol. The average molecular weight is 213 g/mol. The van der Waals surface area contributed by atoms with Crippen molar-refractivity contribution in [2.24, 2.45) is 11.7 Å². The van der Waals surface area contributed by atoms with Crippen molar-refractivity contribution in [1.29, 1.82) is 0 Å². The Hall–Kier alpha value is -1.10. The van der Waals surface area contributed by atoms with Gasteiger partial charge in [-0.05, 0) is 33.2 Å². The molecule has 0 aromatic heterocycles. The van der Waals surface area contributed by atoms with E-state index in [9.17, 15) is 9.59 Å². The lowest BCUT2D eigenvalue weighted by Gasteiger charge is -2.27. The third-order valence-corrected chi connectivity index (χ3v) is 2.78. The van der Waals surface area contributed by atoms with Gasteiger partial charge in [0.2, 0.25) is 11.8 Å². The van der Waals surface area contributed by atoms with Crippen LogP contribution in [-0.4, -0.2) is 30.4 Å². The van der Waals surface area contributed by atoms with Crippen LogP contribution in [0, 0.1) is 5.92 Å². The molecule has 1 heterocycles. The van der Waals surface area contributed by atoms with Crippen molar-refractivity contribution in [3.63, 3.8) is 0 Å². The topological polar surface area (TPSA) is 84.2 Å². The van der Waals surface area contributed by atoms with E-state index in [0.29, 0.717) is 6.04 Å². The van der Waals surface area contributed by atoms with Crippen LogP contribution in [-0.2, 0) is 9.59 Å². The van der Waals surface area contributed by atoms with E-state index in [1.54, 1.807) is 6.92 Å². The van der Waals surface area contributed by atoms with Gasteiger partial charge in [-0.15, -0.1) is 0 Å². The van der Waals surface area contributed by atoms with E-state index in [2.05, 4.69) is 17.6 Å². The van der Waals surface area contributed by atoms with Gasteiger partial charge in [0.1, 0.15) is 6.04 Å². The number of carbonyl (C=O) groups is 2. The second kappa shape index (κ2) is 5.11. The van der Waals surface area contributed by atoms with Gasteiger partial charge >= 0.3 is 0 Å². The summed E-state index contributed by atoms with van der Waals surface area (Å²) in [6, 6.07) is -0.221. The molecule has 0 spiro atoms. The van der Waals surface area contributed by atoms with Gasteiger partial charge in [-0.3, -0.25) is 9.59 Å². The van der Waals surface area contributed by atoms with E-state index in [4.69, 9.17) is 5.73 Å². The molecule has 0 saturated carbocycles. The molecule has 1 aliphatic rings. The maximum Gasteiger partial charge on any atom is 0.239 e. The minimum atomic E-state index is -0.581. The largest absolute Gasteiger partial charge is 0.368 e. The molecule has 3 unspecified atom stereocenters. The fraction of sp³-hybridized carbons (Fsp3) is 0.800. The molecule has 1 fully saturated rings. The molecular formula is C10H19N3O2. The van der Waals surface area contributed by atoms with Crippen LogP contribution in [0.15, 0.2) is 0 Å². The van der Waals surface area contributed by atoms with Gasteiger partial charge in [0, 0.05) is 12.0 Å². The first-order valence-electron chi connectivity index (χ1n) is 5.33. The van der Waals surface area contributed by atoms with Gasteiger partial charge in [-0.1, -0.05) is 0 Å². The third-order valence-electron chi connectivity index (χ3n) is 2.78. The minimum absolute atomic E-state index is 0.00282. The van der Waals surface area contributed by atoms with Gasteiger partial charge in [0.25, 0.3) is 0 Å². The Kier molecular flexibility index (Phi) is 4.08. The Labute approximate surface area is 89.8 Å². The van der Waals surface area contributed by atoms with Crippen molar-refractivity contribution in [2.75, 3.05) is 6.54 Å². The number of carbonyl (C=O) groups excluding carboxylic acids is 2. The number of amides is 2. The first-order chi connectivity index (χ1) is 7.00. The van der Waals surface area contributed by atoms with Crippen LogP contribution in [0.3, 0.4) is 0 Å². The lowest BCUT2D eigenvalue weighted by Crippen LogP contribution is -2.48. The molecule has 3 atom stereocenters. The number of nitrogens with two attached hydrogens (primary N) is 1. The normalized spacial score (nSPS) is 28.1. The Balaban J connectivity index is 2.42. The molecule has 1 saturated heterocycles. The highest BCUT2D eigenvalue weighted by atomic mass is 16.2. The minimum Gasteiger partial charge on any atom is -0.368 e. The van der Waals surface area contributed by atoms with Crippen molar-refractivity contribution in [2.45, 2.75) is 38.8 Å². The zero-order valence-electron chi connectivity index (χ0n) is 9.25. The molecule has 0 aliphatic carbocycles. The van der Waals surface area contributed by atoms with Gasteiger partial charge in [-0.2, -0.15) is 0 Å². The van der Waals surface area contributed by atoms with Gasteiger partial charge in [0.05, 0.1) is 0 Å². The maximum atomic E-state index is 11.7. The molecule has 1 rings (SSSR count). The Morgan fingerprint density at radius 1 is 1.53 bits per heavy atom. The Bertz CT molecular complexity index is 255. The summed E-state index contributed by atoms with van der Waals surface area (Å²) in [6.07, 6.45) is 1.64. The van der Waals surface area contributed by atoms with Crippen molar-refractivity contribution < 1.29 is 9.59 Å². The highest BCUT2D eigenvalue weighted by Gasteiger charge is 2.26. The second-order valence-electron chi connectivity index (χ2n) is 4.21. The predicted molar refractivity (Wildman–Crippen MR) is 57.0 cm³/mol. The van der Waals surface area contributed by atoms with Crippen LogP contribution in [0.2, 0.25) is 0 Å². The number of hydrogen-bond donors (Lipinski definition) is 3. The average Bonchev–Trinajstić information content (AvgIpc) is 2.17. The first-order valence-corrected chi connectivity index (χ1v) is 5.33. The maximum absolute atomic E-state index is 11.7. The molecule has 15 heavy (non-hydrogen) atoms. The van der Waals surface area contributed by atoms with Gasteiger partial charge in [-0.25, -0.2) is 0 Å². The molecule has 5 heteroatoms. The number of primary amides is 1. The molecule has 0 aromatic carbocycles. The summed E-state index contributed by atoms with van der Waals surface area (Å²) in [5, 5.41) is 5.90. The second-order valence-corrected chi connectivity index (χ2v) is 4.21. The molecule has 1 aliphatic heterocycles. The van der Waals surface area contributed by atoms with Crippen LogP contribution in [0.1, 0.15) is 26.7 Å². The number of rotatable bonds is 3. The van der Waals surface area contributed by atoms with Crippen molar-refractivity contribution in [3.8, 4) is 0 Å². The highest BCUT2D eigenvalue weighted by Crippen LogP contribution is 2.16. The zero-order chi connectivity index (χ0) is 11.4. The summed E-state index contributed by atoms with van der Waals surface area (Å²) < 4.78 is 0. The van der Waals surface area contributed by atoms with E-state index in [0.717, 1.165) is 19.4 Å². The van der Waals surface area contributed by atoms with E-state index in [1.165, 1.54) is 0 Å². The Morgan fingerprint density at radius 2 is 2.20 bits per heavy atom. The monoisotopic (exact) mass is 213 g/mol. The van der Waals surface area contributed by atoms with E-state index < -0.39 is 11.9 Å². The van der Waals surface area contributed by atoms with Crippen LogP contribution in [0.4, 0.5) is 0 Å². The predicted octanol–water partition coefficient (Wildman–Crippen LogP) is -0.635. The quantitative estimate of drug-likeness (QED) is 0.583. The van der Waals surface area contributed by atoms with E-state index in [1.807, 2.05) is 0 Å². The lowest BCUT2D eigenvalue weighted by molar-refractivity contribution is -0.130. The molecule has 0 bridgehead atoms. The summed E-state index contributed by atoms with van der Waals surface area (Å²) in [5.74, 6) is -0.553. The molecule has 0 radical (unpaired) electrons. The van der Waals surface area contributed by atoms with Crippen LogP contribution in [0.5, 0.6) is 0 Å². The number of piperidine rings is 1. The summed E-state index contributed by atoms with van der Waals surface area (Å²) in [6.45, 7) is 4.51. The SMILES string of the molecule is CC1CC(C(=O)NC(C)C(N)=O)CCN1. The molecule has 2 amide bonds. The van der Waals surface area contributed by atoms with Crippen LogP contribution < -0.4 is 16.4 Å². The summed E-state index contributed by atoms with van der Waals surface area (Å²) in [7, 11) is 0. The van der Waals surface area contributed by atoms with Crippen LogP contribution >= 0.6 is 0 Å². The summed E-state index contributed by atoms with van der Waals surface area (Å²) in [4.78, 5) is 22.5. The third kappa shape index (κ3) is 3.51. The zero-order valence-corrected chi connectivity index (χ0v) is 9.25. The Morgan fingerprint density at radius 3 is 2.73 bits per heavy atom. The molecule has 86 valence electrons. The van der Waals surface area contributed by atoms with Crippen molar-refractivity contribution in [1.82, 2.24) is 10.6 Å². The smallest absolute Gasteiger partial charge is 0.239 e. The van der Waals surface area contributed by atoms with E-state index >= 15 is 0 Å². The molecule has 4 N–H and O–H groups in total. The molecule has 0 aromatic rings. The van der Waals surface area contributed by atoms with E-state index in [-0.39, 0.29) is 11.8 Å². The van der Waals surface area contributed by atoms with Gasteiger partial charge in [0.15, 0.2) is 0 Å². The molecule has 5 nitrogen and oxygen atoms in total. The summed E-state index contributed by atoms with van der Waals surface area (Å²) >= 11 is 0. The highest BCUT2D eigenvalue weighted by molar-refractivity contribution is 5.87. The standard InChI is InChI=1S/C10H19N3O2/c1-6-5-8(3-4-12-6)10(15)13-7(2)9(11)14/h6-8,12H,3-5H2,1-2H3,(H2,11,14)(H,13,15). The number of nitrogens with one attached hydrogen (secondary N) is 2. The van der Waals surface area contributed by atoms with Crippen LogP contribution in [0.25, 0.3) is 0 Å². The lowest BCUT2D eigenvalue weighted by atomic mass is 9.92. The summed E-state index contributed by atoms with van der Waals surface area (Å²) in [5.41, 5.74) is 5.08. The van der Waals surface area contributed by atoms with Gasteiger partial charge < -0.3 is 16.4 Å². The van der Waals surface area contributed by atoms with Crippen molar-refractivity contribution in [3.05, 3.63) is 0 Å². The first kappa shape index (κ1) is 12.0. The fourth-order valence-corrected chi connectivity index (χ4v) is 1.77. The number of hydrogen-bond acceptors (Lipinski definition) is 3.